The van der Waals surface area contributed by atoms with E-state index in [4.69, 9.17) is 4.42 Å². The highest BCUT2D eigenvalue weighted by atomic mass is 79.9. The van der Waals surface area contributed by atoms with E-state index in [2.05, 4.69) is 40.1 Å². The molecule has 0 aromatic carbocycles. The lowest BCUT2D eigenvalue weighted by molar-refractivity contribution is 0.564. The van der Waals surface area contributed by atoms with Crippen LogP contribution in [0.15, 0.2) is 26.7 Å². The summed E-state index contributed by atoms with van der Waals surface area (Å²) in [6, 6.07) is 2.46. The topological polar surface area (TPSA) is 38.1 Å². The summed E-state index contributed by atoms with van der Waals surface area (Å²) in [6.45, 7) is 4.95. The number of thiophene rings is 1. The van der Waals surface area contributed by atoms with Crippen molar-refractivity contribution >= 4 is 27.3 Å². The molecule has 0 bridgehead atoms. The smallest absolute Gasteiger partial charge is 0.181 e. The molecule has 0 spiro atoms. The molecule has 0 atom stereocenters. The number of oxazole rings is 1. The van der Waals surface area contributed by atoms with Crippen LogP contribution in [0, 0.1) is 0 Å². The Hall–Kier alpha value is -0.650. The Morgan fingerprint density at radius 1 is 1.56 bits per heavy atom. The average Bonchev–Trinajstić information content (AvgIpc) is 2.82. The second kappa shape index (κ2) is 5.12. The summed E-state index contributed by atoms with van der Waals surface area (Å²) >= 11 is 5.15. The summed E-state index contributed by atoms with van der Waals surface area (Å²) in [5.74, 6) is 0.857. The van der Waals surface area contributed by atoms with Crippen LogP contribution in [0.4, 0.5) is 0 Å². The lowest BCUT2D eigenvalue weighted by Crippen LogP contribution is -2.22. The number of nitrogens with one attached hydrogen (secondary N) is 1. The van der Waals surface area contributed by atoms with E-state index < -0.39 is 0 Å². The first-order valence-electron chi connectivity index (χ1n) is 5.07. The summed E-state index contributed by atoms with van der Waals surface area (Å²) in [4.78, 5) is 5.34. The summed E-state index contributed by atoms with van der Waals surface area (Å²) < 4.78 is 6.51. The molecule has 2 aromatic rings. The Kier molecular flexibility index (Phi) is 3.78. The Bertz CT molecular complexity index is 464. The highest BCUT2D eigenvalue weighted by Gasteiger charge is 2.14. The molecular formula is C11H13BrN2OS. The molecule has 0 unspecified atom stereocenters. The first-order chi connectivity index (χ1) is 7.68. The monoisotopic (exact) mass is 300 g/mol. The first-order valence-corrected chi connectivity index (χ1v) is 6.75. The molecule has 2 rings (SSSR count). The molecular weight excluding hydrogens is 288 g/mol. The quantitative estimate of drug-likeness (QED) is 0.936. The van der Waals surface area contributed by atoms with Gasteiger partial charge in [-0.15, -0.1) is 11.3 Å². The van der Waals surface area contributed by atoms with E-state index in [1.165, 1.54) is 6.39 Å². The molecule has 0 aliphatic heterocycles. The summed E-state index contributed by atoms with van der Waals surface area (Å²) in [5, 5.41) is 5.37. The summed E-state index contributed by atoms with van der Waals surface area (Å²) in [5.41, 5.74) is 0.955. The van der Waals surface area contributed by atoms with E-state index in [1.54, 1.807) is 11.3 Å². The third kappa shape index (κ3) is 2.53. The van der Waals surface area contributed by atoms with Crippen LogP contribution in [0.3, 0.4) is 0 Å². The maximum Gasteiger partial charge on any atom is 0.181 e. The zero-order valence-corrected chi connectivity index (χ0v) is 11.6. The van der Waals surface area contributed by atoms with Gasteiger partial charge in [-0.3, -0.25) is 0 Å². The van der Waals surface area contributed by atoms with E-state index in [9.17, 15) is 0 Å². The Labute approximate surface area is 107 Å². The van der Waals surface area contributed by atoms with Gasteiger partial charge in [0.05, 0.1) is 4.88 Å². The molecule has 5 heteroatoms. The van der Waals surface area contributed by atoms with Gasteiger partial charge in [-0.05, 0) is 27.4 Å². The molecule has 86 valence electrons. The summed E-state index contributed by atoms with van der Waals surface area (Å²) in [7, 11) is 0. The van der Waals surface area contributed by atoms with E-state index in [0.717, 1.165) is 27.3 Å². The fourth-order valence-electron chi connectivity index (χ4n) is 1.34. The van der Waals surface area contributed by atoms with Gasteiger partial charge in [-0.2, -0.15) is 0 Å². The lowest BCUT2D eigenvalue weighted by Gasteiger charge is -2.06. The fraction of sp³-hybridized carbons (Fsp3) is 0.364. The van der Waals surface area contributed by atoms with Crippen LogP contribution in [0.5, 0.6) is 0 Å². The molecule has 1 N–H and O–H groups in total. The lowest BCUT2D eigenvalue weighted by atomic mass is 10.3. The van der Waals surface area contributed by atoms with Crippen molar-refractivity contribution in [2.75, 3.05) is 0 Å². The predicted octanol–water partition coefficient (Wildman–Crippen LogP) is 3.66. The van der Waals surface area contributed by atoms with Crippen LogP contribution >= 0.6 is 27.3 Å². The van der Waals surface area contributed by atoms with Crippen molar-refractivity contribution < 1.29 is 4.42 Å². The molecule has 0 saturated heterocycles. The van der Waals surface area contributed by atoms with Gasteiger partial charge < -0.3 is 9.73 Å². The van der Waals surface area contributed by atoms with E-state index in [0.29, 0.717) is 6.04 Å². The highest BCUT2D eigenvalue weighted by molar-refractivity contribution is 9.10. The third-order valence-corrected chi connectivity index (χ3v) is 3.98. The number of aromatic nitrogens is 1. The second-order valence-corrected chi connectivity index (χ2v) is 5.53. The van der Waals surface area contributed by atoms with E-state index in [-0.39, 0.29) is 0 Å². The fourth-order valence-corrected chi connectivity index (χ4v) is 2.90. The molecule has 0 fully saturated rings. The van der Waals surface area contributed by atoms with Gasteiger partial charge in [0.15, 0.2) is 12.2 Å². The molecule has 0 saturated carbocycles. The van der Waals surface area contributed by atoms with Crippen LogP contribution in [0.2, 0.25) is 0 Å². The molecule has 0 aliphatic rings. The van der Waals surface area contributed by atoms with Gasteiger partial charge in [-0.25, -0.2) is 4.98 Å². The SMILES string of the molecule is CC(C)NCc1ncoc1-c1sccc1Br. The first kappa shape index (κ1) is 11.8. The van der Waals surface area contributed by atoms with Crippen molar-refractivity contribution in [2.45, 2.75) is 26.4 Å². The maximum atomic E-state index is 5.45. The van der Waals surface area contributed by atoms with Crippen molar-refractivity contribution in [3.8, 4) is 10.6 Å². The normalized spacial score (nSPS) is 11.2. The Morgan fingerprint density at radius 2 is 2.38 bits per heavy atom. The van der Waals surface area contributed by atoms with Gasteiger partial charge in [0.1, 0.15) is 5.69 Å². The molecule has 0 aliphatic carbocycles. The number of nitrogens with zero attached hydrogens (tertiary/aromatic N) is 1. The minimum atomic E-state index is 0.441. The second-order valence-electron chi connectivity index (χ2n) is 3.76. The Morgan fingerprint density at radius 3 is 3.00 bits per heavy atom. The largest absolute Gasteiger partial charge is 0.442 e. The van der Waals surface area contributed by atoms with E-state index >= 15 is 0 Å². The van der Waals surface area contributed by atoms with Crippen LogP contribution < -0.4 is 5.32 Å². The number of hydrogen-bond acceptors (Lipinski definition) is 4. The highest BCUT2D eigenvalue weighted by Crippen LogP contribution is 2.35. The number of halogens is 1. The molecule has 2 heterocycles. The third-order valence-electron chi connectivity index (χ3n) is 2.14. The predicted molar refractivity (Wildman–Crippen MR) is 69.5 cm³/mol. The van der Waals surface area contributed by atoms with Gasteiger partial charge in [0.2, 0.25) is 0 Å². The van der Waals surface area contributed by atoms with Crippen LogP contribution in [0.1, 0.15) is 19.5 Å². The average molecular weight is 301 g/mol. The molecule has 2 aromatic heterocycles. The standard InChI is InChI=1S/C11H13BrN2OS/c1-7(2)13-5-9-10(15-6-14-9)11-8(12)3-4-16-11/h3-4,6-7,13H,5H2,1-2H3. The molecule has 3 nitrogen and oxygen atoms in total. The zero-order chi connectivity index (χ0) is 11.5. The van der Waals surface area contributed by atoms with E-state index in [1.807, 2.05) is 11.4 Å². The van der Waals surface area contributed by atoms with Crippen molar-refractivity contribution in [2.24, 2.45) is 0 Å². The van der Waals surface area contributed by atoms with Gasteiger partial charge in [0.25, 0.3) is 0 Å². The maximum absolute atomic E-state index is 5.45. The minimum absolute atomic E-state index is 0.441. The van der Waals surface area contributed by atoms with Crippen molar-refractivity contribution in [3.63, 3.8) is 0 Å². The molecule has 16 heavy (non-hydrogen) atoms. The minimum Gasteiger partial charge on any atom is -0.442 e. The van der Waals surface area contributed by atoms with Crippen LogP contribution in [-0.4, -0.2) is 11.0 Å². The van der Waals surface area contributed by atoms with Crippen molar-refractivity contribution in [3.05, 3.63) is 28.0 Å². The van der Waals surface area contributed by atoms with Crippen molar-refractivity contribution in [1.82, 2.24) is 10.3 Å². The Balaban J connectivity index is 2.23. The molecule has 0 radical (unpaired) electrons. The summed E-state index contributed by atoms with van der Waals surface area (Å²) in [6.07, 6.45) is 1.50. The van der Waals surface area contributed by atoms with Crippen molar-refractivity contribution in [1.29, 1.82) is 0 Å². The van der Waals surface area contributed by atoms with Gasteiger partial charge >= 0.3 is 0 Å². The number of hydrogen-bond donors (Lipinski definition) is 1. The van der Waals surface area contributed by atoms with Gasteiger partial charge in [0, 0.05) is 17.1 Å². The van der Waals surface area contributed by atoms with Gasteiger partial charge in [-0.1, -0.05) is 13.8 Å². The molecule has 0 amide bonds. The zero-order valence-electron chi connectivity index (χ0n) is 9.16. The van der Waals surface area contributed by atoms with Crippen LogP contribution in [0.25, 0.3) is 10.6 Å². The van der Waals surface area contributed by atoms with Crippen LogP contribution in [-0.2, 0) is 6.54 Å². The number of rotatable bonds is 4.